The highest BCUT2D eigenvalue weighted by atomic mass is 35.5. The van der Waals surface area contributed by atoms with Crippen LogP contribution in [0.2, 0.25) is 0 Å². The lowest BCUT2D eigenvalue weighted by Gasteiger charge is -2.37. The molecule has 0 aliphatic carbocycles. The average Bonchev–Trinajstić information content (AvgIpc) is 3.27. The number of imidazole rings is 1. The number of carbonyl (C=O) groups excluding carboxylic acids is 1. The Hall–Kier alpha value is -3.33. The third-order valence-electron chi connectivity index (χ3n) is 7.18. The number of carboxylic acid groups (broad SMARTS) is 1. The number of aromatic carboxylic acids is 1. The second kappa shape index (κ2) is 11.3. The number of pyridine rings is 1. The lowest BCUT2D eigenvalue weighted by Crippen LogP contribution is -2.48. The summed E-state index contributed by atoms with van der Waals surface area (Å²) in [6.45, 7) is 5.71. The minimum Gasteiger partial charge on any atom is -0.477 e. The number of benzene rings is 1. The normalized spacial score (nSPS) is 17.8. The number of piperazine rings is 1. The Balaban J connectivity index is 1.25. The SMILES string of the molecule is Cc1ncc(NO)n1CC(CCl)OC(=O)CN1CCN(c2cc3c(cc2F)c(=O)c(C(=O)O)c2n3C(C)S2)CC1. The topological polar surface area (TPSA) is 142 Å². The van der Waals surface area contributed by atoms with Crippen molar-refractivity contribution in [3.63, 3.8) is 0 Å². The molecule has 3 N–H and O–H groups in total. The number of nitrogens with one attached hydrogen (secondary N) is 1. The van der Waals surface area contributed by atoms with Crippen LogP contribution >= 0.6 is 23.4 Å². The molecule has 4 heterocycles. The van der Waals surface area contributed by atoms with Gasteiger partial charge in [-0.3, -0.25) is 25.2 Å². The summed E-state index contributed by atoms with van der Waals surface area (Å²) in [4.78, 5) is 45.0. The number of carboxylic acids is 1. The van der Waals surface area contributed by atoms with Gasteiger partial charge in [0.2, 0.25) is 5.43 Å². The molecule has 15 heteroatoms. The first kappa shape index (κ1) is 28.2. The van der Waals surface area contributed by atoms with Gasteiger partial charge in [0.1, 0.15) is 29.1 Å². The molecule has 40 heavy (non-hydrogen) atoms. The molecule has 0 saturated carbocycles. The van der Waals surface area contributed by atoms with E-state index in [1.807, 2.05) is 16.7 Å². The van der Waals surface area contributed by atoms with Crippen molar-refractivity contribution < 1.29 is 29.0 Å². The highest BCUT2D eigenvalue weighted by molar-refractivity contribution is 8.00. The molecule has 1 fully saturated rings. The number of halogens is 2. The summed E-state index contributed by atoms with van der Waals surface area (Å²) in [6.07, 6.45) is 0.822. The largest absolute Gasteiger partial charge is 0.477 e. The number of anilines is 2. The molecule has 0 bridgehead atoms. The molecule has 5 rings (SSSR count). The summed E-state index contributed by atoms with van der Waals surface area (Å²) in [5, 5.41) is 19.1. The van der Waals surface area contributed by atoms with E-state index < -0.39 is 29.3 Å². The number of aromatic nitrogens is 3. The first-order valence-corrected chi connectivity index (χ1v) is 14.0. The standard InChI is InChI=1S/C25H28ClFN6O6S/c1-13-28-10-20(29-38)32(13)11-15(9-26)39-21(34)12-30-3-5-31(6-4-30)19-8-18-16(7-17(19)27)23(35)22(25(36)37)24-33(18)14(2)40-24/h7-8,10,14-15,29,38H,3-6,9,11-12H2,1-2H3,(H,36,37). The molecule has 2 aromatic heterocycles. The van der Waals surface area contributed by atoms with E-state index in [-0.39, 0.29) is 35.3 Å². The summed E-state index contributed by atoms with van der Waals surface area (Å²) >= 11 is 7.32. The summed E-state index contributed by atoms with van der Waals surface area (Å²) in [5.41, 5.74) is 1.85. The highest BCUT2D eigenvalue weighted by Crippen LogP contribution is 2.46. The maximum Gasteiger partial charge on any atom is 0.342 e. The van der Waals surface area contributed by atoms with Crippen LogP contribution < -0.4 is 15.8 Å². The average molecular weight is 595 g/mol. The van der Waals surface area contributed by atoms with Gasteiger partial charge in [-0.05, 0) is 26.0 Å². The van der Waals surface area contributed by atoms with Gasteiger partial charge in [0.15, 0.2) is 0 Å². The van der Waals surface area contributed by atoms with Gasteiger partial charge < -0.3 is 23.9 Å². The van der Waals surface area contributed by atoms with Crippen LogP contribution in [0.25, 0.3) is 10.9 Å². The lowest BCUT2D eigenvalue weighted by molar-refractivity contribution is -0.150. The van der Waals surface area contributed by atoms with Gasteiger partial charge >= 0.3 is 11.9 Å². The quantitative estimate of drug-likeness (QED) is 0.191. The second-order valence-electron chi connectivity index (χ2n) is 9.66. The van der Waals surface area contributed by atoms with Crippen LogP contribution in [0.15, 0.2) is 28.2 Å². The molecule has 0 amide bonds. The van der Waals surface area contributed by atoms with Crippen molar-refractivity contribution in [1.29, 1.82) is 0 Å². The van der Waals surface area contributed by atoms with E-state index in [9.17, 15) is 24.7 Å². The Morgan fingerprint density at radius 1 is 1.30 bits per heavy atom. The lowest BCUT2D eigenvalue weighted by atomic mass is 10.1. The molecule has 0 radical (unpaired) electrons. The molecule has 12 nitrogen and oxygen atoms in total. The van der Waals surface area contributed by atoms with E-state index in [2.05, 4.69) is 10.5 Å². The minimum absolute atomic E-state index is 0.0328. The first-order chi connectivity index (χ1) is 19.1. The van der Waals surface area contributed by atoms with E-state index in [0.717, 1.165) is 6.07 Å². The van der Waals surface area contributed by atoms with E-state index in [4.69, 9.17) is 16.3 Å². The number of esters is 1. The van der Waals surface area contributed by atoms with Gasteiger partial charge in [-0.2, -0.15) is 0 Å². The number of alkyl halides is 1. The predicted molar refractivity (Wildman–Crippen MR) is 147 cm³/mol. The zero-order valence-electron chi connectivity index (χ0n) is 21.8. The molecular weight excluding hydrogens is 567 g/mol. The predicted octanol–water partition coefficient (Wildman–Crippen LogP) is 2.74. The van der Waals surface area contributed by atoms with Crippen molar-refractivity contribution in [2.45, 2.75) is 36.9 Å². The van der Waals surface area contributed by atoms with Crippen molar-refractivity contribution in [2.24, 2.45) is 0 Å². The molecule has 3 aromatic rings. The van der Waals surface area contributed by atoms with E-state index in [0.29, 0.717) is 54.1 Å². The van der Waals surface area contributed by atoms with Gasteiger partial charge in [0, 0.05) is 31.6 Å². The van der Waals surface area contributed by atoms with Crippen LogP contribution in [-0.2, 0) is 16.1 Å². The maximum atomic E-state index is 15.2. The third-order valence-corrected chi connectivity index (χ3v) is 8.70. The fourth-order valence-electron chi connectivity index (χ4n) is 5.13. The van der Waals surface area contributed by atoms with Gasteiger partial charge in [0.25, 0.3) is 0 Å². The van der Waals surface area contributed by atoms with Crippen molar-refractivity contribution in [3.05, 3.63) is 45.8 Å². The van der Waals surface area contributed by atoms with Gasteiger partial charge in [0.05, 0.1) is 46.8 Å². The number of thioether (sulfide) groups is 1. The number of fused-ring (bicyclic) bond motifs is 3. The first-order valence-electron chi connectivity index (χ1n) is 12.6. The summed E-state index contributed by atoms with van der Waals surface area (Å²) in [5.74, 6) is -1.35. The van der Waals surface area contributed by atoms with Crippen molar-refractivity contribution in [1.82, 2.24) is 19.0 Å². The van der Waals surface area contributed by atoms with Crippen LogP contribution in [0.5, 0.6) is 0 Å². The molecule has 0 spiro atoms. The molecule has 1 saturated heterocycles. The van der Waals surface area contributed by atoms with Crippen LogP contribution in [0.1, 0.15) is 28.5 Å². The molecule has 214 valence electrons. The monoisotopic (exact) mass is 594 g/mol. The molecular formula is C25H28ClFN6O6S. The summed E-state index contributed by atoms with van der Waals surface area (Å²) in [7, 11) is 0. The molecule has 2 atom stereocenters. The van der Waals surface area contributed by atoms with Gasteiger partial charge in [-0.15, -0.1) is 11.6 Å². The van der Waals surface area contributed by atoms with Crippen molar-refractivity contribution in [3.8, 4) is 0 Å². The Morgan fingerprint density at radius 3 is 2.65 bits per heavy atom. The summed E-state index contributed by atoms with van der Waals surface area (Å²) in [6, 6.07) is 2.73. The number of rotatable bonds is 9. The Kier molecular flexibility index (Phi) is 7.95. The zero-order chi connectivity index (χ0) is 28.7. The van der Waals surface area contributed by atoms with Gasteiger partial charge in [-0.25, -0.2) is 14.2 Å². The molecule has 2 aliphatic rings. The van der Waals surface area contributed by atoms with Gasteiger partial charge in [-0.1, -0.05) is 11.8 Å². The number of ether oxygens (including phenoxy) is 1. The van der Waals surface area contributed by atoms with Crippen molar-refractivity contribution >= 4 is 57.7 Å². The Labute approximate surface area is 237 Å². The van der Waals surface area contributed by atoms with Crippen molar-refractivity contribution in [2.75, 3.05) is 49.0 Å². The smallest absolute Gasteiger partial charge is 0.342 e. The molecule has 1 aromatic carbocycles. The van der Waals surface area contributed by atoms with E-state index in [1.165, 1.54) is 18.0 Å². The fourth-order valence-corrected chi connectivity index (χ4v) is 6.44. The minimum atomic E-state index is -1.32. The molecule has 2 unspecified atom stereocenters. The second-order valence-corrected chi connectivity index (χ2v) is 11.3. The Bertz CT molecular complexity index is 1540. The zero-order valence-corrected chi connectivity index (χ0v) is 23.3. The Morgan fingerprint density at radius 2 is 2.02 bits per heavy atom. The van der Waals surface area contributed by atoms with E-state index in [1.54, 1.807) is 22.1 Å². The fraction of sp³-hybridized carbons (Fsp3) is 0.440. The number of hydrogen-bond acceptors (Lipinski definition) is 10. The van der Waals surface area contributed by atoms with Crippen LogP contribution in [-0.4, -0.2) is 86.0 Å². The highest BCUT2D eigenvalue weighted by Gasteiger charge is 2.33. The number of aryl methyl sites for hydroxylation is 1. The number of hydrogen-bond donors (Lipinski definition) is 3. The van der Waals surface area contributed by atoms with Crippen LogP contribution in [0.3, 0.4) is 0 Å². The maximum absolute atomic E-state index is 15.2. The third kappa shape index (κ3) is 5.11. The van der Waals surface area contributed by atoms with Crippen LogP contribution in [0, 0.1) is 12.7 Å². The van der Waals surface area contributed by atoms with Crippen LogP contribution in [0.4, 0.5) is 15.9 Å². The molecule has 2 aliphatic heterocycles. The summed E-state index contributed by atoms with van der Waals surface area (Å²) < 4.78 is 24.2. The number of nitrogens with zero attached hydrogens (tertiary/aromatic N) is 5. The van der Waals surface area contributed by atoms with E-state index >= 15 is 4.39 Å². The number of carbonyl (C=O) groups is 2.